The molecule has 0 radical (unpaired) electrons. The van der Waals surface area contributed by atoms with Crippen LogP contribution >= 0.6 is 11.6 Å². The normalized spacial score (nSPS) is 15.3. The number of rotatable bonds is 8. The predicted molar refractivity (Wildman–Crippen MR) is 120 cm³/mol. The monoisotopic (exact) mass is 458 g/mol. The van der Waals surface area contributed by atoms with Gasteiger partial charge >= 0.3 is 11.8 Å². The van der Waals surface area contributed by atoms with Gasteiger partial charge in [0.05, 0.1) is 12.3 Å². The highest BCUT2D eigenvalue weighted by atomic mass is 35.5. The highest BCUT2D eigenvalue weighted by molar-refractivity contribution is 6.35. The third-order valence-corrected chi connectivity index (χ3v) is 4.71. The molecule has 1 aliphatic heterocycles. The number of hydrogen-bond donors (Lipinski definition) is 3. The van der Waals surface area contributed by atoms with Crippen molar-refractivity contribution in [3.05, 3.63) is 59.1 Å². The van der Waals surface area contributed by atoms with E-state index < -0.39 is 11.8 Å². The number of amides is 3. The highest BCUT2D eigenvalue weighted by Crippen LogP contribution is 2.15. The van der Waals surface area contributed by atoms with Crippen molar-refractivity contribution in [3.63, 3.8) is 0 Å². The molecule has 3 N–H and O–H groups in total. The van der Waals surface area contributed by atoms with Crippen LogP contribution in [-0.4, -0.2) is 49.8 Å². The fraction of sp³-hybridized carbons (Fsp3) is 0.273. The number of carbonyl (C=O) groups is 3. The number of halogens is 1. The standard InChI is InChI=1S/C22H23ClN4O5/c23-16-6-8-17(9-7-16)26-20(28)14-32-18-4-1-3-15(11-18)12-25-27-22(30)21(29)24-13-19-5-2-10-31-19/h1,3-4,6-9,11-12,19H,2,5,10,13-14H2,(H,24,29)(H,26,28)(H,27,30)/b25-12-/t19-/m0/s1. The lowest BCUT2D eigenvalue weighted by Crippen LogP contribution is -2.41. The van der Waals surface area contributed by atoms with E-state index in [0.29, 0.717) is 35.2 Å². The van der Waals surface area contributed by atoms with Gasteiger partial charge in [-0.05, 0) is 54.8 Å². The minimum absolute atomic E-state index is 0.0498. The zero-order valence-electron chi connectivity index (χ0n) is 17.2. The number of nitrogens with zero attached hydrogens (tertiary/aromatic N) is 1. The van der Waals surface area contributed by atoms with Crippen LogP contribution in [0.2, 0.25) is 5.02 Å². The quantitative estimate of drug-likeness (QED) is 0.318. The van der Waals surface area contributed by atoms with Crippen LogP contribution in [0.4, 0.5) is 5.69 Å². The molecule has 3 rings (SSSR count). The zero-order chi connectivity index (χ0) is 22.8. The van der Waals surface area contributed by atoms with Crippen LogP contribution in [0.3, 0.4) is 0 Å². The van der Waals surface area contributed by atoms with E-state index in [2.05, 4.69) is 21.2 Å². The van der Waals surface area contributed by atoms with Gasteiger partial charge in [-0.2, -0.15) is 5.10 Å². The van der Waals surface area contributed by atoms with Crippen LogP contribution in [0.15, 0.2) is 53.6 Å². The second kappa shape index (κ2) is 11.8. The van der Waals surface area contributed by atoms with E-state index in [0.717, 1.165) is 12.8 Å². The Morgan fingerprint density at radius 1 is 1.16 bits per heavy atom. The van der Waals surface area contributed by atoms with Gasteiger partial charge in [0, 0.05) is 23.9 Å². The lowest BCUT2D eigenvalue weighted by Gasteiger charge is -2.09. The van der Waals surface area contributed by atoms with E-state index in [1.165, 1.54) is 6.21 Å². The Morgan fingerprint density at radius 2 is 1.97 bits per heavy atom. The predicted octanol–water partition coefficient (Wildman–Crippen LogP) is 2.10. The van der Waals surface area contributed by atoms with Crippen LogP contribution in [0, 0.1) is 0 Å². The van der Waals surface area contributed by atoms with Crippen LogP contribution in [0.5, 0.6) is 5.75 Å². The van der Waals surface area contributed by atoms with E-state index >= 15 is 0 Å². The lowest BCUT2D eigenvalue weighted by molar-refractivity contribution is -0.139. The molecule has 1 heterocycles. The molecule has 0 saturated carbocycles. The lowest BCUT2D eigenvalue weighted by atomic mass is 10.2. The van der Waals surface area contributed by atoms with E-state index in [9.17, 15) is 14.4 Å². The first kappa shape index (κ1) is 23.2. The Hall–Kier alpha value is -3.43. The fourth-order valence-electron chi connectivity index (χ4n) is 2.87. The topological polar surface area (TPSA) is 118 Å². The number of benzene rings is 2. The molecule has 9 nitrogen and oxygen atoms in total. The van der Waals surface area contributed by atoms with Crippen molar-refractivity contribution in [2.24, 2.45) is 5.10 Å². The molecule has 0 spiro atoms. The van der Waals surface area contributed by atoms with Gasteiger partial charge in [-0.3, -0.25) is 14.4 Å². The molecule has 0 aromatic heterocycles. The fourth-order valence-corrected chi connectivity index (χ4v) is 3.00. The summed E-state index contributed by atoms with van der Waals surface area (Å²) < 4.78 is 10.9. The number of anilines is 1. The van der Waals surface area contributed by atoms with Crippen molar-refractivity contribution >= 4 is 41.2 Å². The van der Waals surface area contributed by atoms with E-state index in [1.807, 2.05) is 0 Å². The summed E-state index contributed by atoms with van der Waals surface area (Å²) in [4.78, 5) is 35.6. The summed E-state index contributed by atoms with van der Waals surface area (Å²) in [7, 11) is 0. The smallest absolute Gasteiger partial charge is 0.329 e. The number of hydrogen-bond acceptors (Lipinski definition) is 6. The van der Waals surface area contributed by atoms with Gasteiger partial charge in [0.15, 0.2) is 6.61 Å². The molecule has 2 aromatic carbocycles. The molecule has 32 heavy (non-hydrogen) atoms. The molecular formula is C22H23ClN4O5. The van der Waals surface area contributed by atoms with Gasteiger partial charge in [0.1, 0.15) is 5.75 Å². The Bertz CT molecular complexity index is 975. The molecule has 2 aromatic rings. The van der Waals surface area contributed by atoms with Crippen LogP contribution in [0.1, 0.15) is 18.4 Å². The minimum atomic E-state index is -0.870. The Kier molecular flexibility index (Phi) is 8.59. The average Bonchev–Trinajstić information content (AvgIpc) is 3.31. The molecule has 0 unspecified atom stereocenters. The van der Waals surface area contributed by atoms with Crippen molar-refractivity contribution in [1.82, 2.24) is 10.7 Å². The van der Waals surface area contributed by atoms with Crippen molar-refractivity contribution in [1.29, 1.82) is 0 Å². The summed E-state index contributed by atoms with van der Waals surface area (Å²) in [5, 5.41) is 9.57. The molecule has 10 heteroatoms. The third kappa shape index (κ3) is 7.68. The van der Waals surface area contributed by atoms with Crippen molar-refractivity contribution in [2.75, 3.05) is 25.1 Å². The Morgan fingerprint density at radius 3 is 2.72 bits per heavy atom. The number of ether oxygens (including phenoxy) is 2. The summed E-state index contributed by atoms with van der Waals surface area (Å²) in [5.41, 5.74) is 3.39. The highest BCUT2D eigenvalue weighted by Gasteiger charge is 2.18. The maximum absolute atomic E-state index is 12.0. The molecule has 1 aliphatic rings. The van der Waals surface area contributed by atoms with E-state index in [-0.39, 0.29) is 18.6 Å². The molecule has 168 valence electrons. The number of nitrogens with one attached hydrogen (secondary N) is 3. The third-order valence-electron chi connectivity index (χ3n) is 4.46. The van der Waals surface area contributed by atoms with Gasteiger partial charge in [-0.25, -0.2) is 5.43 Å². The van der Waals surface area contributed by atoms with E-state index in [4.69, 9.17) is 21.1 Å². The Labute approximate surface area is 190 Å². The van der Waals surface area contributed by atoms with Crippen molar-refractivity contribution in [3.8, 4) is 5.75 Å². The first-order valence-corrected chi connectivity index (χ1v) is 10.4. The summed E-state index contributed by atoms with van der Waals surface area (Å²) in [6, 6.07) is 13.5. The summed E-state index contributed by atoms with van der Waals surface area (Å²) in [6.45, 7) is 0.776. The maximum atomic E-state index is 12.0. The zero-order valence-corrected chi connectivity index (χ0v) is 17.9. The van der Waals surface area contributed by atoms with Gasteiger partial charge in [0.2, 0.25) is 0 Å². The van der Waals surface area contributed by atoms with Crippen LogP contribution in [-0.2, 0) is 19.1 Å². The first-order chi connectivity index (χ1) is 15.5. The molecular weight excluding hydrogens is 436 g/mol. The van der Waals surface area contributed by atoms with Gasteiger partial charge in [-0.1, -0.05) is 23.7 Å². The van der Waals surface area contributed by atoms with Crippen LogP contribution in [0.25, 0.3) is 0 Å². The van der Waals surface area contributed by atoms with Crippen molar-refractivity contribution < 1.29 is 23.9 Å². The molecule has 1 saturated heterocycles. The molecule has 3 amide bonds. The SMILES string of the molecule is O=C(COc1cccc(/C=N\NC(=O)C(=O)NC[C@@H]2CCCO2)c1)Nc1ccc(Cl)cc1. The average molecular weight is 459 g/mol. The van der Waals surface area contributed by atoms with Crippen LogP contribution < -0.4 is 20.8 Å². The van der Waals surface area contributed by atoms with Gasteiger partial charge in [-0.15, -0.1) is 0 Å². The maximum Gasteiger partial charge on any atom is 0.329 e. The summed E-state index contributed by atoms with van der Waals surface area (Å²) in [6.07, 6.45) is 3.13. The van der Waals surface area contributed by atoms with Gasteiger partial charge in [0.25, 0.3) is 5.91 Å². The second-order valence-corrected chi connectivity index (χ2v) is 7.40. The molecule has 0 aliphatic carbocycles. The minimum Gasteiger partial charge on any atom is -0.484 e. The Balaban J connectivity index is 1.41. The van der Waals surface area contributed by atoms with Crippen molar-refractivity contribution in [2.45, 2.75) is 18.9 Å². The van der Waals surface area contributed by atoms with E-state index in [1.54, 1.807) is 48.5 Å². The first-order valence-electron chi connectivity index (χ1n) is 10.0. The molecule has 0 bridgehead atoms. The summed E-state index contributed by atoms with van der Waals surface area (Å²) >= 11 is 5.82. The number of hydrazone groups is 1. The summed E-state index contributed by atoms with van der Waals surface area (Å²) in [5.74, 6) is -1.53. The van der Waals surface area contributed by atoms with Gasteiger partial charge < -0.3 is 20.1 Å². The number of carbonyl (C=O) groups excluding carboxylic acids is 3. The molecule has 1 fully saturated rings. The molecule has 1 atom stereocenters. The second-order valence-electron chi connectivity index (χ2n) is 6.96. The largest absolute Gasteiger partial charge is 0.484 e.